The average Bonchev–Trinajstić information content (AvgIpc) is 2.23. The van der Waals surface area contributed by atoms with Crippen LogP contribution in [0.3, 0.4) is 0 Å². The third kappa shape index (κ3) is 2.89. The molecule has 16 heavy (non-hydrogen) atoms. The highest BCUT2D eigenvalue weighted by Gasteiger charge is 2.13. The van der Waals surface area contributed by atoms with Gasteiger partial charge in [-0.1, -0.05) is 0 Å². The van der Waals surface area contributed by atoms with Gasteiger partial charge in [0.15, 0.2) is 0 Å². The average molecular weight is 287 g/mol. The van der Waals surface area contributed by atoms with Crippen LogP contribution in [-0.4, -0.2) is 26.8 Å². The lowest BCUT2D eigenvalue weighted by atomic mass is 10.1. The molecule has 1 atom stereocenters. The van der Waals surface area contributed by atoms with Gasteiger partial charge in [0.1, 0.15) is 0 Å². The Bertz CT molecular complexity index is 368. The van der Waals surface area contributed by atoms with E-state index < -0.39 is 0 Å². The van der Waals surface area contributed by atoms with Crippen LogP contribution in [0.15, 0.2) is 16.6 Å². The smallest absolute Gasteiger partial charge is 0.0663 e. The summed E-state index contributed by atoms with van der Waals surface area (Å²) in [5.41, 5.74) is 8.89. The Hall–Kier alpha value is -0.740. The highest BCUT2D eigenvalue weighted by Crippen LogP contribution is 2.31. The summed E-state index contributed by atoms with van der Waals surface area (Å²) in [5, 5.41) is 0. The molecule has 1 aromatic rings. The molecule has 0 amide bonds. The van der Waals surface area contributed by atoms with Crippen LogP contribution in [0.2, 0.25) is 0 Å². The van der Waals surface area contributed by atoms with Crippen molar-refractivity contribution in [3.63, 3.8) is 0 Å². The summed E-state index contributed by atoms with van der Waals surface area (Å²) in [6.07, 6.45) is 0. The predicted molar refractivity (Wildman–Crippen MR) is 73.0 cm³/mol. The van der Waals surface area contributed by atoms with Gasteiger partial charge in [0.25, 0.3) is 0 Å². The maximum absolute atomic E-state index is 5.85. The van der Waals surface area contributed by atoms with Crippen molar-refractivity contribution in [1.82, 2.24) is 0 Å². The Balaban J connectivity index is 2.99. The molecule has 0 radical (unpaired) electrons. The molecule has 4 heteroatoms. The number of methoxy groups -OCH3 is 1. The minimum atomic E-state index is 0.323. The Morgan fingerprint density at radius 2 is 2.12 bits per heavy atom. The Labute approximate surface area is 106 Å². The number of nitrogens with two attached hydrogens (primary N) is 1. The Morgan fingerprint density at radius 1 is 1.50 bits per heavy atom. The molecule has 1 unspecified atom stereocenters. The minimum Gasteiger partial charge on any atom is -0.398 e. The van der Waals surface area contributed by atoms with Crippen LogP contribution in [0.4, 0.5) is 11.4 Å². The molecule has 0 bridgehead atoms. The minimum absolute atomic E-state index is 0.323. The van der Waals surface area contributed by atoms with Gasteiger partial charge in [-0.25, -0.2) is 0 Å². The number of likely N-dealkylation sites (N-methyl/N-ethyl adjacent to an activating group) is 1. The zero-order chi connectivity index (χ0) is 12.3. The van der Waals surface area contributed by atoms with Crippen molar-refractivity contribution in [2.24, 2.45) is 0 Å². The van der Waals surface area contributed by atoms with Crippen LogP contribution in [0, 0.1) is 6.92 Å². The molecule has 1 rings (SSSR count). The fourth-order valence-electron chi connectivity index (χ4n) is 1.54. The number of rotatable bonds is 4. The molecule has 0 heterocycles. The van der Waals surface area contributed by atoms with E-state index in [0.29, 0.717) is 12.6 Å². The van der Waals surface area contributed by atoms with Gasteiger partial charge in [0, 0.05) is 30.4 Å². The summed E-state index contributed by atoms with van der Waals surface area (Å²) >= 11 is 3.54. The Kier molecular flexibility index (Phi) is 4.62. The summed E-state index contributed by atoms with van der Waals surface area (Å²) in [6.45, 7) is 4.84. The van der Waals surface area contributed by atoms with Gasteiger partial charge in [-0.3, -0.25) is 0 Å². The van der Waals surface area contributed by atoms with Crippen molar-refractivity contribution in [1.29, 1.82) is 0 Å². The van der Waals surface area contributed by atoms with Gasteiger partial charge in [-0.2, -0.15) is 0 Å². The number of ether oxygens (including phenoxy) is 1. The molecule has 2 N–H and O–H groups in total. The van der Waals surface area contributed by atoms with Crippen molar-refractivity contribution in [3.8, 4) is 0 Å². The zero-order valence-corrected chi connectivity index (χ0v) is 11.8. The standard InChI is InChI=1S/C12H19BrN2O/c1-8-5-12(10(13)6-11(8)14)15(3)9(2)7-16-4/h5-6,9H,7,14H2,1-4H3. The number of hydrogen-bond donors (Lipinski definition) is 1. The molecular weight excluding hydrogens is 268 g/mol. The second-order valence-corrected chi connectivity index (χ2v) is 4.93. The third-order valence-electron chi connectivity index (χ3n) is 2.78. The number of anilines is 2. The predicted octanol–water partition coefficient (Wildman–Crippen LogP) is 2.81. The summed E-state index contributed by atoms with van der Waals surface area (Å²) in [6, 6.07) is 4.36. The first-order valence-corrected chi connectivity index (χ1v) is 6.04. The summed E-state index contributed by atoms with van der Waals surface area (Å²) in [7, 11) is 3.77. The second kappa shape index (κ2) is 5.55. The molecule has 3 nitrogen and oxygen atoms in total. The van der Waals surface area contributed by atoms with Crippen LogP contribution in [0.5, 0.6) is 0 Å². The van der Waals surface area contributed by atoms with Crippen LogP contribution in [0.1, 0.15) is 12.5 Å². The van der Waals surface area contributed by atoms with E-state index in [-0.39, 0.29) is 0 Å². The number of nitrogen functional groups attached to an aromatic ring is 1. The fraction of sp³-hybridized carbons (Fsp3) is 0.500. The molecule has 0 aliphatic carbocycles. The molecule has 90 valence electrons. The van der Waals surface area contributed by atoms with E-state index in [9.17, 15) is 0 Å². The molecule has 1 aromatic carbocycles. The van der Waals surface area contributed by atoms with Crippen molar-refractivity contribution < 1.29 is 4.74 Å². The first-order valence-electron chi connectivity index (χ1n) is 5.24. The van der Waals surface area contributed by atoms with Gasteiger partial charge in [-0.15, -0.1) is 0 Å². The lowest BCUT2D eigenvalue weighted by Gasteiger charge is -2.28. The van der Waals surface area contributed by atoms with Crippen LogP contribution < -0.4 is 10.6 Å². The van der Waals surface area contributed by atoms with Crippen LogP contribution in [-0.2, 0) is 4.74 Å². The van der Waals surface area contributed by atoms with E-state index in [1.54, 1.807) is 7.11 Å². The molecule has 0 spiro atoms. The zero-order valence-electron chi connectivity index (χ0n) is 10.2. The molecule has 0 saturated carbocycles. The fourth-order valence-corrected chi connectivity index (χ4v) is 2.18. The summed E-state index contributed by atoms with van der Waals surface area (Å²) in [5.74, 6) is 0. The quantitative estimate of drug-likeness (QED) is 0.865. The second-order valence-electron chi connectivity index (χ2n) is 4.08. The van der Waals surface area contributed by atoms with Crippen LogP contribution in [0.25, 0.3) is 0 Å². The first kappa shape index (κ1) is 13.3. The van der Waals surface area contributed by atoms with Crippen molar-refractivity contribution in [2.45, 2.75) is 19.9 Å². The summed E-state index contributed by atoms with van der Waals surface area (Å²) < 4.78 is 6.17. The first-order chi connectivity index (χ1) is 7.47. The topological polar surface area (TPSA) is 38.5 Å². The van der Waals surface area contributed by atoms with Gasteiger partial charge in [-0.05, 0) is 47.5 Å². The molecule has 0 saturated heterocycles. The van der Waals surface area contributed by atoms with Gasteiger partial charge < -0.3 is 15.4 Å². The molecule has 0 aromatic heterocycles. The van der Waals surface area contributed by atoms with E-state index in [0.717, 1.165) is 21.4 Å². The monoisotopic (exact) mass is 286 g/mol. The number of aryl methyl sites for hydroxylation is 1. The summed E-state index contributed by atoms with van der Waals surface area (Å²) in [4.78, 5) is 2.18. The largest absolute Gasteiger partial charge is 0.398 e. The maximum Gasteiger partial charge on any atom is 0.0663 e. The van der Waals surface area contributed by atoms with Crippen LogP contribution >= 0.6 is 15.9 Å². The molecule has 0 aliphatic rings. The number of halogens is 1. The van der Waals surface area contributed by atoms with E-state index >= 15 is 0 Å². The molecule has 0 fully saturated rings. The SMILES string of the molecule is COCC(C)N(C)c1cc(C)c(N)cc1Br. The van der Waals surface area contributed by atoms with E-state index in [4.69, 9.17) is 10.5 Å². The highest BCUT2D eigenvalue weighted by atomic mass is 79.9. The lowest BCUT2D eigenvalue weighted by Crippen LogP contribution is -2.32. The normalized spacial score (nSPS) is 12.6. The van der Waals surface area contributed by atoms with Crippen molar-refractivity contribution in [3.05, 3.63) is 22.2 Å². The van der Waals surface area contributed by atoms with Gasteiger partial charge in [0.05, 0.1) is 12.3 Å². The lowest BCUT2D eigenvalue weighted by molar-refractivity contribution is 0.183. The number of benzene rings is 1. The van der Waals surface area contributed by atoms with E-state index in [2.05, 4.69) is 40.9 Å². The van der Waals surface area contributed by atoms with Crippen molar-refractivity contribution in [2.75, 3.05) is 31.4 Å². The molecular formula is C12H19BrN2O. The maximum atomic E-state index is 5.85. The number of hydrogen-bond acceptors (Lipinski definition) is 3. The van der Waals surface area contributed by atoms with Crippen molar-refractivity contribution >= 4 is 27.3 Å². The van der Waals surface area contributed by atoms with E-state index in [1.165, 1.54) is 0 Å². The van der Waals surface area contributed by atoms with Gasteiger partial charge >= 0.3 is 0 Å². The number of nitrogens with zero attached hydrogens (tertiary/aromatic N) is 1. The van der Waals surface area contributed by atoms with Gasteiger partial charge in [0.2, 0.25) is 0 Å². The van der Waals surface area contributed by atoms with E-state index in [1.807, 2.05) is 13.0 Å². The highest BCUT2D eigenvalue weighted by molar-refractivity contribution is 9.10. The Morgan fingerprint density at radius 3 is 2.69 bits per heavy atom. The third-order valence-corrected chi connectivity index (χ3v) is 3.42. The molecule has 0 aliphatic heterocycles.